The summed E-state index contributed by atoms with van der Waals surface area (Å²) in [7, 11) is -3.06. The Bertz CT molecular complexity index is 792. The lowest BCUT2D eigenvalue weighted by Crippen LogP contribution is -2.52. The summed E-state index contributed by atoms with van der Waals surface area (Å²) < 4.78 is 35.8. The number of carbonyl (C=O) groups is 2. The molecule has 2 aliphatic rings. The van der Waals surface area contributed by atoms with E-state index in [0.29, 0.717) is 32.6 Å². The van der Waals surface area contributed by atoms with Gasteiger partial charge in [0.05, 0.1) is 18.1 Å². The van der Waals surface area contributed by atoms with Crippen molar-refractivity contribution in [2.45, 2.75) is 12.5 Å². The van der Waals surface area contributed by atoms with Crippen LogP contribution in [0.5, 0.6) is 0 Å². The molecule has 8 nitrogen and oxygen atoms in total. The molecule has 0 radical (unpaired) electrons. The summed E-state index contributed by atoms with van der Waals surface area (Å²) in [6.45, 7) is 2.15. The van der Waals surface area contributed by atoms with Crippen molar-refractivity contribution in [1.82, 2.24) is 15.5 Å². The van der Waals surface area contributed by atoms with E-state index in [9.17, 15) is 22.4 Å². The van der Waals surface area contributed by atoms with E-state index in [1.165, 1.54) is 12.1 Å². The number of rotatable bonds is 4. The fourth-order valence-electron chi connectivity index (χ4n) is 3.28. The average Bonchev–Trinajstić information content (AvgIpc) is 2.99. The Morgan fingerprint density at radius 1 is 1.11 bits per heavy atom. The maximum atomic E-state index is 13.0. The third-order valence-corrected chi connectivity index (χ3v) is 6.56. The smallest absolute Gasteiger partial charge is 0.315 e. The molecule has 1 aromatic carbocycles. The van der Waals surface area contributed by atoms with Crippen molar-refractivity contribution < 1.29 is 22.4 Å². The number of anilines is 1. The summed E-state index contributed by atoms with van der Waals surface area (Å²) in [5, 5.41) is 5.08. The Morgan fingerprint density at radius 2 is 1.78 bits per heavy atom. The fourth-order valence-corrected chi connectivity index (χ4v) is 4.95. The molecular weight excluding hydrogens is 375 g/mol. The number of nitrogens with zero attached hydrogens (tertiary/aromatic N) is 2. The molecule has 2 fully saturated rings. The van der Waals surface area contributed by atoms with Crippen LogP contribution in [0.15, 0.2) is 24.3 Å². The largest absolute Gasteiger partial charge is 0.368 e. The molecule has 0 bridgehead atoms. The lowest BCUT2D eigenvalue weighted by molar-refractivity contribution is -0.130. The monoisotopic (exact) mass is 398 g/mol. The second-order valence-electron chi connectivity index (χ2n) is 6.77. The van der Waals surface area contributed by atoms with Crippen LogP contribution in [0, 0.1) is 5.82 Å². The molecule has 1 aromatic rings. The topological polar surface area (TPSA) is 98.8 Å². The third-order valence-electron chi connectivity index (χ3n) is 4.79. The van der Waals surface area contributed by atoms with Crippen molar-refractivity contribution in [2.75, 3.05) is 49.1 Å². The SMILES string of the molecule is O=C(NCC(=O)N1CCN(c2ccc(F)cc2)CC1)N[C@@H]1CCS(=O)(=O)C1. The first-order valence-corrected chi connectivity index (χ1v) is 10.7. The Hall–Kier alpha value is -2.36. The number of hydrogen-bond donors (Lipinski definition) is 2. The normalized spacial score (nSPS) is 21.7. The first kappa shape index (κ1) is 19.4. The zero-order valence-corrected chi connectivity index (χ0v) is 15.7. The molecule has 0 aromatic heterocycles. The molecule has 2 aliphatic heterocycles. The minimum atomic E-state index is -3.06. The second kappa shape index (κ2) is 8.12. The molecule has 27 heavy (non-hydrogen) atoms. The van der Waals surface area contributed by atoms with Crippen LogP contribution in [-0.4, -0.2) is 75.5 Å². The van der Waals surface area contributed by atoms with Crippen molar-refractivity contribution in [1.29, 1.82) is 0 Å². The van der Waals surface area contributed by atoms with Gasteiger partial charge in [-0.25, -0.2) is 17.6 Å². The zero-order valence-electron chi connectivity index (χ0n) is 14.9. The lowest BCUT2D eigenvalue weighted by atomic mass is 10.2. The Morgan fingerprint density at radius 3 is 2.37 bits per heavy atom. The highest BCUT2D eigenvalue weighted by Crippen LogP contribution is 2.17. The van der Waals surface area contributed by atoms with Gasteiger partial charge in [0.25, 0.3) is 0 Å². The minimum absolute atomic E-state index is 0.0558. The van der Waals surface area contributed by atoms with E-state index in [1.54, 1.807) is 17.0 Å². The number of halogens is 1. The number of nitrogens with one attached hydrogen (secondary N) is 2. The standard InChI is InChI=1S/C17H23FN4O4S/c18-13-1-3-15(4-2-13)21-6-8-22(9-7-21)16(23)11-19-17(24)20-14-5-10-27(25,26)12-14/h1-4,14H,5-12H2,(H2,19,20,24)/t14-/m1/s1. The van der Waals surface area contributed by atoms with Gasteiger partial charge in [-0.05, 0) is 30.7 Å². The zero-order chi connectivity index (χ0) is 19.4. The van der Waals surface area contributed by atoms with E-state index in [2.05, 4.69) is 15.5 Å². The summed E-state index contributed by atoms with van der Waals surface area (Å²) in [5.41, 5.74) is 0.910. The molecule has 0 unspecified atom stereocenters. The van der Waals surface area contributed by atoms with Gasteiger partial charge in [0.15, 0.2) is 9.84 Å². The summed E-state index contributed by atoms with van der Waals surface area (Å²) >= 11 is 0. The highest BCUT2D eigenvalue weighted by Gasteiger charge is 2.29. The van der Waals surface area contributed by atoms with E-state index < -0.39 is 21.9 Å². The maximum Gasteiger partial charge on any atom is 0.315 e. The maximum absolute atomic E-state index is 13.0. The highest BCUT2D eigenvalue weighted by molar-refractivity contribution is 7.91. The number of amides is 3. The van der Waals surface area contributed by atoms with Gasteiger partial charge >= 0.3 is 6.03 Å². The molecular formula is C17H23FN4O4S. The average molecular weight is 398 g/mol. The Balaban J connectivity index is 1.39. The molecule has 2 N–H and O–H groups in total. The van der Waals surface area contributed by atoms with Crippen LogP contribution < -0.4 is 15.5 Å². The van der Waals surface area contributed by atoms with Crippen LogP contribution in [0.1, 0.15) is 6.42 Å². The van der Waals surface area contributed by atoms with Gasteiger partial charge < -0.3 is 20.4 Å². The number of urea groups is 1. The van der Waals surface area contributed by atoms with Crippen LogP contribution in [0.25, 0.3) is 0 Å². The minimum Gasteiger partial charge on any atom is -0.368 e. The lowest BCUT2D eigenvalue weighted by Gasteiger charge is -2.36. The number of benzene rings is 1. The van der Waals surface area contributed by atoms with Gasteiger partial charge in [-0.3, -0.25) is 4.79 Å². The number of piperazine rings is 1. The van der Waals surface area contributed by atoms with Gasteiger partial charge in [0, 0.05) is 37.9 Å². The molecule has 10 heteroatoms. The van der Waals surface area contributed by atoms with Crippen molar-refractivity contribution >= 4 is 27.5 Å². The van der Waals surface area contributed by atoms with Gasteiger partial charge in [-0.15, -0.1) is 0 Å². The summed E-state index contributed by atoms with van der Waals surface area (Å²) in [5.74, 6) is -0.454. The van der Waals surface area contributed by atoms with Crippen molar-refractivity contribution in [3.05, 3.63) is 30.1 Å². The van der Waals surface area contributed by atoms with Crippen LogP contribution >= 0.6 is 0 Å². The van der Waals surface area contributed by atoms with Crippen LogP contribution in [-0.2, 0) is 14.6 Å². The molecule has 0 aliphatic carbocycles. The molecule has 3 rings (SSSR count). The first-order chi connectivity index (χ1) is 12.8. The third kappa shape index (κ3) is 5.31. The Labute approximate surface area is 157 Å². The molecule has 0 spiro atoms. The van der Waals surface area contributed by atoms with E-state index in [-0.39, 0.29) is 29.8 Å². The van der Waals surface area contributed by atoms with Crippen molar-refractivity contribution in [3.63, 3.8) is 0 Å². The molecule has 2 heterocycles. The van der Waals surface area contributed by atoms with Gasteiger partial charge in [0.2, 0.25) is 5.91 Å². The number of hydrogen-bond acceptors (Lipinski definition) is 5. The molecule has 1 atom stereocenters. The number of carbonyl (C=O) groups excluding carboxylic acids is 2. The van der Waals surface area contributed by atoms with Crippen LogP contribution in [0.3, 0.4) is 0 Å². The molecule has 148 valence electrons. The van der Waals surface area contributed by atoms with E-state index in [4.69, 9.17) is 0 Å². The predicted molar refractivity (Wildman–Crippen MR) is 98.8 cm³/mol. The van der Waals surface area contributed by atoms with Crippen molar-refractivity contribution in [3.8, 4) is 0 Å². The van der Waals surface area contributed by atoms with Crippen LogP contribution in [0.2, 0.25) is 0 Å². The predicted octanol–water partition coefficient (Wildman–Crippen LogP) is -0.0394. The summed E-state index contributed by atoms with van der Waals surface area (Å²) in [6.07, 6.45) is 0.398. The first-order valence-electron chi connectivity index (χ1n) is 8.85. The molecule has 3 amide bonds. The van der Waals surface area contributed by atoms with Gasteiger partial charge in [-0.1, -0.05) is 0 Å². The van der Waals surface area contributed by atoms with Gasteiger partial charge in [-0.2, -0.15) is 0 Å². The fraction of sp³-hybridized carbons (Fsp3) is 0.529. The summed E-state index contributed by atoms with van der Waals surface area (Å²) in [4.78, 5) is 27.8. The van der Waals surface area contributed by atoms with E-state index in [0.717, 1.165) is 5.69 Å². The van der Waals surface area contributed by atoms with E-state index in [1.807, 2.05) is 0 Å². The number of sulfone groups is 1. The van der Waals surface area contributed by atoms with Crippen molar-refractivity contribution in [2.24, 2.45) is 0 Å². The second-order valence-corrected chi connectivity index (χ2v) is 9.00. The Kier molecular flexibility index (Phi) is 5.83. The van der Waals surface area contributed by atoms with E-state index >= 15 is 0 Å². The molecule has 2 saturated heterocycles. The molecule has 0 saturated carbocycles. The van der Waals surface area contributed by atoms with Crippen LogP contribution in [0.4, 0.5) is 14.9 Å². The van der Waals surface area contributed by atoms with Gasteiger partial charge in [0.1, 0.15) is 5.82 Å². The summed E-state index contributed by atoms with van der Waals surface area (Å²) in [6, 6.07) is 5.31. The highest BCUT2D eigenvalue weighted by atomic mass is 32.2. The quantitative estimate of drug-likeness (QED) is 0.742.